The Morgan fingerprint density at radius 2 is 2.26 bits per heavy atom. The summed E-state index contributed by atoms with van der Waals surface area (Å²) in [5, 5.41) is 0. The van der Waals surface area contributed by atoms with Crippen LogP contribution in [0.25, 0.3) is 0 Å². The fourth-order valence-electron chi connectivity index (χ4n) is 2.70. The van der Waals surface area contributed by atoms with Gasteiger partial charge < -0.3 is 14.2 Å². The minimum absolute atomic E-state index is 0.116. The van der Waals surface area contributed by atoms with E-state index in [2.05, 4.69) is 13.8 Å². The number of hydrogen-bond donors (Lipinski definition) is 0. The van der Waals surface area contributed by atoms with Crippen LogP contribution in [0.2, 0.25) is 0 Å². The lowest BCUT2D eigenvalue weighted by Gasteiger charge is -2.22. The molecule has 1 fully saturated rings. The Morgan fingerprint density at radius 3 is 3.00 bits per heavy atom. The summed E-state index contributed by atoms with van der Waals surface area (Å²) in [6.45, 7) is 5.94. The van der Waals surface area contributed by atoms with Gasteiger partial charge in [-0.25, -0.2) is 4.79 Å². The van der Waals surface area contributed by atoms with Crippen molar-refractivity contribution >= 4 is 5.97 Å². The van der Waals surface area contributed by atoms with Crippen molar-refractivity contribution in [2.75, 3.05) is 13.2 Å². The first-order chi connectivity index (χ1) is 11.2. The highest BCUT2D eigenvalue weighted by Gasteiger charge is 2.15. The van der Waals surface area contributed by atoms with E-state index in [0.29, 0.717) is 24.7 Å². The first kappa shape index (κ1) is 18.0. The second-order valence-electron chi connectivity index (χ2n) is 6.30. The zero-order valence-electron chi connectivity index (χ0n) is 14.3. The highest BCUT2D eigenvalue weighted by Crippen LogP contribution is 2.16. The van der Waals surface area contributed by atoms with E-state index in [-0.39, 0.29) is 12.3 Å². The van der Waals surface area contributed by atoms with Gasteiger partial charge in [-0.3, -0.25) is 0 Å². The molecule has 0 bridgehead atoms. The number of benzene rings is 1. The Morgan fingerprint density at radius 1 is 1.39 bits per heavy atom. The van der Waals surface area contributed by atoms with Crippen molar-refractivity contribution in [2.24, 2.45) is 5.92 Å². The third kappa shape index (κ3) is 6.32. The SMILES string of the molecule is CCCC(C)COC(=O)c1cccc(COC2CCCCO2)c1. The smallest absolute Gasteiger partial charge is 0.338 e. The van der Waals surface area contributed by atoms with Crippen molar-refractivity contribution in [1.29, 1.82) is 0 Å². The zero-order valence-corrected chi connectivity index (χ0v) is 14.3. The van der Waals surface area contributed by atoms with E-state index in [1.54, 1.807) is 6.07 Å². The Kier molecular flexibility index (Phi) is 7.56. The summed E-state index contributed by atoms with van der Waals surface area (Å²) in [5.74, 6) is 0.141. The molecule has 2 unspecified atom stereocenters. The van der Waals surface area contributed by atoms with Gasteiger partial charge in [0, 0.05) is 6.61 Å². The molecule has 0 aliphatic carbocycles. The van der Waals surface area contributed by atoms with E-state index in [4.69, 9.17) is 14.2 Å². The third-order valence-corrected chi connectivity index (χ3v) is 4.02. The summed E-state index contributed by atoms with van der Waals surface area (Å²) in [7, 11) is 0. The van der Waals surface area contributed by atoms with E-state index >= 15 is 0 Å². The maximum absolute atomic E-state index is 12.1. The quantitative estimate of drug-likeness (QED) is 0.669. The zero-order chi connectivity index (χ0) is 16.5. The van der Waals surface area contributed by atoms with Gasteiger partial charge >= 0.3 is 5.97 Å². The van der Waals surface area contributed by atoms with Gasteiger partial charge in [0.2, 0.25) is 0 Å². The molecule has 0 radical (unpaired) electrons. The van der Waals surface area contributed by atoms with Crippen molar-refractivity contribution < 1.29 is 19.0 Å². The van der Waals surface area contributed by atoms with Crippen LogP contribution in [0.5, 0.6) is 0 Å². The van der Waals surface area contributed by atoms with Crippen molar-refractivity contribution in [3.8, 4) is 0 Å². The molecular weight excluding hydrogens is 292 g/mol. The van der Waals surface area contributed by atoms with Gasteiger partial charge in [0.25, 0.3) is 0 Å². The Hall–Kier alpha value is -1.39. The number of ether oxygens (including phenoxy) is 3. The van der Waals surface area contributed by atoms with E-state index in [9.17, 15) is 4.79 Å². The number of carbonyl (C=O) groups is 1. The van der Waals surface area contributed by atoms with Crippen molar-refractivity contribution in [3.05, 3.63) is 35.4 Å². The molecule has 4 heteroatoms. The molecule has 1 aromatic rings. The van der Waals surface area contributed by atoms with Gasteiger partial charge in [0.05, 0.1) is 18.8 Å². The second kappa shape index (κ2) is 9.68. The van der Waals surface area contributed by atoms with Gasteiger partial charge in [-0.15, -0.1) is 0 Å². The summed E-state index contributed by atoms with van der Waals surface area (Å²) in [6.07, 6.45) is 5.26. The molecule has 0 saturated carbocycles. The van der Waals surface area contributed by atoms with Crippen LogP contribution in [-0.4, -0.2) is 25.5 Å². The van der Waals surface area contributed by atoms with Crippen LogP contribution in [0.3, 0.4) is 0 Å². The molecule has 1 saturated heterocycles. The average molecular weight is 320 g/mol. The monoisotopic (exact) mass is 320 g/mol. The second-order valence-corrected chi connectivity index (χ2v) is 6.30. The molecule has 23 heavy (non-hydrogen) atoms. The van der Waals surface area contributed by atoms with E-state index in [0.717, 1.165) is 44.3 Å². The molecule has 4 nitrogen and oxygen atoms in total. The largest absolute Gasteiger partial charge is 0.462 e. The highest BCUT2D eigenvalue weighted by atomic mass is 16.7. The predicted molar refractivity (Wildman–Crippen MR) is 89.2 cm³/mol. The topological polar surface area (TPSA) is 44.8 Å². The van der Waals surface area contributed by atoms with E-state index in [1.165, 1.54) is 0 Å². The van der Waals surface area contributed by atoms with Gasteiger partial charge in [0.15, 0.2) is 6.29 Å². The lowest BCUT2D eigenvalue weighted by molar-refractivity contribution is -0.168. The Bertz CT molecular complexity index is 480. The van der Waals surface area contributed by atoms with Crippen LogP contribution >= 0.6 is 0 Å². The molecule has 1 heterocycles. The molecular formula is C19H28O4. The molecule has 1 aromatic carbocycles. The lowest BCUT2D eigenvalue weighted by Crippen LogP contribution is -2.22. The van der Waals surface area contributed by atoms with E-state index < -0.39 is 0 Å². The minimum Gasteiger partial charge on any atom is -0.462 e. The summed E-state index contributed by atoms with van der Waals surface area (Å²) in [5.41, 5.74) is 1.55. The van der Waals surface area contributed by atoms with Gasteiger partial charge in [-0.05, 0) is 49.3 Å². The maximum Gasteiger partial charge on any atom is 0.338 e. The molecule has 1 aliphatic heterocycles. The predicted octanol–water partition coefficient (Wildman–Crippen LogP) is 4.32. The first-order valence-electron chi connectivity index (χ1n) is 8.68. The van der Waals surface area contributed by atoms with E-state index in [1.807, 2.05) is 18.2 Å². The number of esters is 1. The van der Waals surface area contributed by atoms with Crippen molar-refractivity contribution in [3.63, 3.8) is 0 Å². The summed E-state index contributed by atoms with van der Waals surface area (Å²) in [4.78, 5) is 12.1. The number of hydrogen-bond acceptors (Lipinski definition) is 4. The fraction of sp³-hybridized carbons (Fsp3) is 0.632. The fourth-order valence-corrected chi connectivity index (χ4v) is 2.70. The summed E-state index contributed by atoms with van der Waals surface area (Å²) in [6, 6.07) is 7.45. The first-order valence-corrected chi connectivity index (χ1v) is 8.68. The van der Waals surface area contributed by atoms with Gasteiger partial charge in [-0.2, -0.15) is 0 Å². The third-order valence-electron chi connectivity index (χ3n) is 4.02. The van der Waals surface area contributed by atoms with Crippen LogP contribution < -0.4 is 0 Å². The molecule has 2 atom stereocenters. The molecule has 2 rings (SSSR count). The minimum atomic E-state index is -0.260. The standard InChI is InChI=1S/C19H28O4/c1-3-7-15(2)13-23-19(20)17-9-6-8-16(12-17)14-22-18-10-4-5-11-21-18/h6,8-9,12,15,18H,3-5,7,10-11,13-14H2,1-2H3. The van der Waals surface area contributed by atoms with Crippen LogP contribution in [-0.2, 0) is 20.8 Å². The molecule has 0 amide bonds. The summed E-state index contributed by atoms with van der Waals surface area (Å²) < 4.78 is 16.7. The van der Waals surface area contributed by atoms with Crippen LogP contribution in [0.1, 0.15) is 61.9 Å². The van der Waals surface area contributed by atoms with Crippen LogP contribution in [0.4, 0.5) is 0 Å². The van der Waals surface area contributed by atoms with Crippen LogP contribution in [0, 0.1) is 5.92 Å². The number of rotatable bonds is 8. The van der Waals surface area contributed by atoms with Crippen LogP contribution in [0.15, 0.2) is 24.3 Å². The van der Waals surface area contributed by atoms with Gasteiger partial charge in [-0.1, -0.05) is 32.4 Å². The lowest BCUT2D eigenvalue weighted by atomic mass is 10.1. The van der Waals surface area contributed by atoms with Crippen molar-refractivity contribution in [1.82, 2.24) is 0 Å². The molecule has 1 aliphatic rings. The molecule has 0 spiro atoms. The Labute approximate surface area is 139 Å². The molecule has 0 N–H and O–H groups in total. The maximum atomic E-state index is 12.1. The molecule has 0 aromatic heterocycles. The number of carbonyl (C=O) groups excluding carboxylic acids is 1. The molecule has 128 valence electrons. The normalized spacial score (nSPS) is 19.3. The summed E-state index contributed by atoms with van der Waals surface area (Å²) >= 11 is 0. The van der Waals surface area contributed by atoms with Gasteiger partial charge in [0.1, 0.15) is 0 Å². The average Bonchev–Trinajstić information content (AvgIpc) is 2.59. The highest BCUT2D eigenvalue weighted by molar-refractivity contribution is 5.89. The Balaban J connectivity index is 1.82. The van der Waals surface area contributed by atoms with Crippen molar-refractivity contribution in [2.45, 2.75) is 58.8 Å².